The molecule has 0 unspecified atom stereocenters. The van der Waals surface area contributed by atoms with Crippen LogP contribution in [0.5, 0.6) is 5.75 Å². The molecule has 4 heterocycles. The van der Waals surface area contributed by atoms with E-state index in [1.807, 2.05) is 24.3 Å². The minimum absolute atomic E-state index is 0. The molecule has 10 heteroatoms. The van der Waals surface area contributed by atoms with E-state index in [2.05, 4.69) is 27.0 Å². The van der Waals surface area contributed by atoms with Crippen LogP contribution in [0, 0.1) is 5.82 Å². The van der Waals surface area contributed by atoms with Crippen LogP contribution in [-0.2, 0) is 6.61 Å². The lowest BCUT2D eigenvalue weighted by Gasteiger charge is -2.39. The normalized spacial score (nSPS) is 18.4. The maximum atomic E-state index is 13.7. The molecule has 2 aromatic carbocycles. The molecule has 2 aliphatic rings. The number of nitrogens with one attached hydrogen (secondary N) is 2. The zero-order chi connectivity index (χ0) is 27.6. The molecule has 220 valence electrons. The van der Waals surface area contributed by atoms with Gasteiger partial charge in [0.05, 0.1) is 12.4 Å². The Morgan fingerprint density at radius 1 is 1.12 bits per heavy atom. The van der Waals surface area contributed by atoms with E-state index in [1.165, 1.54) is 12.1 Å². The highest BCUT2D eigenvalue weighted by molar-refractivity contribution is 5.99. The Bertz CT molecular complexity index is 1470. The molecule has 1 atom stereocenters. The Labute approximate surface area is 245 Å². The number of likely N-dealkylation sites (tertiary alicyclic amines) is 2. The molecule has 41 heavy (non-hydrogen) atoms. The number of nitrogens with zero attached hydrogens (tertiary/aromatic N) is 2. The van der Waals surface area contributed by atoms with Crippen molar-refractivity contribution in [2.75, 3.05) is 32.7 Å². The quantitative estimate of drug-likeness (QED) is 0.267. The molecule has 0 radical (unpaired) electrons. The van der Waals surface area contributed by atoms with E-state index >= 15 is 0 Å². The van der Waals surface area contributed by atoms with E-state index in [-0.39, 0.29) is 42.9 Å². The maximum absolute atomic E-state index is 13.7. The summed E-state index contributed by atoms with van der Waals surface area (Å²) in [6, 6.07) is 12.5. The number of piperidine rings is 2. The van der Waals surface area contributed by atoms with Crippen LogP contribution >= 0.6 is 12.4 Å². The third-order valence-electron chi connectivity index (χ3n) is 8.44. The molecule has 2 aliphatic heterocycles. The molecular formula is C31H38ClFN4O4. The Kier molecular flexibility index (Phi) is 9.19. The lowest BCUT2D eigenvalue weighted by molar-refractivity contribution is 0.0497. The lowest BCUT2D eigenvalue weighted by atomic mass is 10.0. The first-order valence-corrected chi connectivity index (χ1v) is 14.3. The van der Waals surface area contributed by atoms with Gasteiger partial charge in [-0.3, -0.25) is 9.69 Å². The fourth-order valence-corrected chi connectivity index (χ4v) is 6.04. The Morgan fingerprint density at radius 3 is 2.68 bits per heavy atom. The van der Waals surface area contributed by atoms with Gasteiger partial charge in [-0.2, -0.15) is 0 Å². The minimum Gasteiger partial charge on any atom is -0.488 e. The summed E-state index contributed by atoms with van der Waals surface area (Å²) in [5.74, 6) is 0.207. The Morgan fingerprint density at radius 2 is 1.90 bits per heavy atom. The van der Waals surface area contributed by atoms with Crippen molar-refractivity contribution in [2.24, 2.45) is 0 Å². The molecule has 3 N–H and O–H groups in total. The van der Waals surface area contributed by atoms with Crippen LogP contribution < -0.4 is 10.1 Å². The first-order chi connectivity index (χ1) is 19.4. The third-order valence-corrected chi connectivity index (χ3v) is 8.44. The molecule has 6 rings (SSSR count). The van der Waals surface area contributed by atoms with Gasteiger partial charge in [0, 0.05) is 66.7 Å². The summed E-state index contributed by atoms with van der Waals surface area (Å²) < 4.78 is 25.3. The number of benzene rings is 2. The van der Waals surface area contributed by atoms with Gasteiger partial charge >= 0.3 is 0 Å². The van der Waals surface area contributed by atoms with Crippen LogP contribution in [-0.4, -0.2) is 76.7 Å². The Balaban J connectivity index is 0.00000337. The summed E-state index contributed by atoms with van der Waals surface area (Å²) in [7, 11) is 0. The van der Waals surface area contributed by atoms with Crippen molar-refractivity contribution in [1.29, 1.82) is 0 Å². The van der Waals surface area contributed by atoms with Crippen molar-refractivity contribution in [3.63, 3.8) is 0 Å². The van der Waals surface area contributed by atoms with E-state index < -0.39 is 0 Å². The van der Waals surface area contributed by atoms with Crippen LogP contribution in [0.2, 0.25) is 0 Å². The van der Waals surface area contributed by atoms with Gasteiger partial charge in [0.2, 0.25) is 0 Å². The number of carbonyl (C=O) groups is 1. The number of fused-ring (bicyclic) bond motifs is 2. The topological polar surface area (TPSA) is 94.0 Å². The minimum atomic E-state index is -0.322. The van der Waals surface area contributed by atoms with E-state index in [0.29, 0.717) is 28.5 Å². The molecule has 0 aliphatic carbocycles. The van der Waals surface area contributed by atoms with Gasteiger partial charge in [-0.25, -0.2) is 4.39 Å². The number of carbonyl (C=O) groups excluding carboxylic acids is 1. The van der Waals surface area contributed by atoms with Gasteiger partial charge in [0.15, 0.2) is 0 Å². The fraction of sp³-hybridized carbons (Fsp3) is 0.452. The van der Waals surface area contributed by atoms with Crippen LogP contribution in [0.15, 0.2) is 53.1 Å². The monoisotopic (exact) mass is 584 g/mol. The number of hydrogen-bond donors (Lipinski definition) is 3. The highest BCUT2D eigenvalue weighted by Gasteiger charge is 2.26. The number of ether oxygens (including phenoxy) is 1. The summed E-state index contributed by atoms with van der Waals surface area (Å²) in [5, 5.41) is 14.5. The number of aromatic amines is 1. The molecule has 4 aromatic rings. The van der Waals surface area contributed by atoms with E-state index in [9.17, 15) is 14.3 Å². The van der Waals surface area contributed by atoms with Crippen LogP contribution in [0.4, 0.5) is 4.39 Å². The number of furan rings is 1. The van der Waals surface area contributed by atoms with Gasteiger partial charge in [-0.05, 0) is 69.0 Å². The molecule has 0 saturated carbocycles. The smallest absolute Gasteiger partial charge is 0.267 e. The largest absolute Gasteiger partial charge is 0.488 e. The Hall–Kier alpha value is -3.11. The zero-order valence-electron chi connectivity index (χ0n) is 23.3. The highest BCUT2D eigenvalue weighted by Crippen LogP contribution is 2.29. The summed E-state index contributed by atoms with van der Waals surface area (Å²) in [6.07, 6.45) is 5.01. The number of hydrogen-bond acceptors (Lipinski definition) is 6. The molecule has 1 amide bonds. The predicted molar refractivity (Wildman–Crippen MR) is 159 cm³/mol. The van der Waals surface area contributed by atoms with Gasteiger partial charge in [0.25, 0.3) is 5.91 Å². The molecule has 2 aromatic heterocycles. The first-order valence-electron chi connectivity index (χ1n) is 14.3. The molecular weight excluding hydrogens is 547 g/mol. The van der Waals surface area contributed by atoms with Crippen molar-refractivity contribution in [1.82, 2.24) is 20.1 Å². The molecule has 8 nitrogen and oxygen atoms in total. The predicted octanol–water partition coefficient (Wildman–Crippen LogP) is 5.09. The average Bonchev–Trinajstić information content (AvgIpc) is 3.58. The second-order valence-electron chi connectivity index (χ2n) is 11.3. The van der Waals surface area contributed by atoms with E-state index in [1.54, 1.807) is 12.3 Å². The van der Waals surface area contributed by atoms with Crippen molar-refractivity contribution < 1.29 is 23.4 Å². The van der Waals surface area contributed by atoms with Crippen LogP contribution in [0.1, 0.15) is 48.7 Å². The molecule has 2 fully saturated rings. The SMILES string of the molecule is C[C@@H](CN1CCC(NC(=O)c2cc3c(OCc4coc5ccc(F)cc45)cccc3[nH]2)CC1)N1CCC(O)CC1.Cl. The summed E-state index contributed by atoms with van der Waals surface area (Å²) in [5.41, 5.74) is 2.70. The summed E-state index contributed by atoms with van der Waals surface area (Å²) in [6.45, 7) is 7.37. The second-order valence-corrected chi connectivity index (χ2v) is 11.3. The fourth-order valence-electron chi connectivity index (χ4n) is 6.04. The van der Waals surface area contributed by atoms with Crippen molar-refractivity contribution in [3.8, 4) is 5.75 Å². The first kappa shape index (κ1) is 29.4. The van der Waals surface area contributed by atoms with Gasteiger partial charge < -0.3 is 29.5 Å². The standard InChI is InChI=1S/C31H37FN4O4.ClH/c1-20(36-13-9-24(37)10-14-36)17-35-11-7-23(8-12-35)33-31(38)28-16-26-27(34-28)3-2-4-29(26)39-18-21-19-40-30-6-5-22(32)15-25(21)30;/h2-6,15-16,19-20,23-24,34,37H,7-14,17-18H2,1H3,(H,33,38);1H/t20-;/m0./s1. The van der Waals surface area contributed by atoms with Crippen molar-refractivity contribution in [2.45, 2.75) is 57.4 Å². The van der Waals surface area contributed by atoms with Crippen molar-refractivity contribution in [3.05, 3.63) is 65.8 Å². The summed E-state index contributed by atoms with van der Waals surface area (Å²) >= 11 is 0. The van der Waals surface area contributed by atoms with Gasteiger partial charge in [0.1, 0.15) is 29.5 Å². The van der Waals surface area contributed by atoms with Gasteiger partial charge in [-0.1, -0.05) is 6.07 Å². The van der Waals surface area contributed by atoms with Crippen LogP contribution in [0.3, 0.4) is 0 Å². The number of amides is 1. The van der Waals surface area contributed by atoms with Gasteiger partial charge in [-0.15, -0.1) is 12.4 Å². The third kappa shape index (κ3) is 6.70. The van der Waals surface area contributed by atoms with Crippen LogP contribution in [0.25, 0.3) is 21.9 Å². The van der Waals surface area contributed by atoms with Crippen molar-refractivity contribution >= 4 is 40.2 Å². The second kappa shape index (κ2) is 12.8. The number of rotatable bonds is 8. The number of aliphatic hydroxyl groups is 1. The molecule has 2 saturated heterocycles. The molecule has 0 bridgehead atoms. The van der Waals surface area contributed by atoms with E-state index in [0.717, 1.165) is 74.9 Å². The molecule has 0 spiro atoms. The van der Waals surface area contributed by atoms with E-state index in [4.69, 9.17) is 9.15 Å². The number of H-pyrrole nitrogens is 1. The number of aromatic nitrogens is 1. The average molecular weight is 585 g/mol. The highest BCUT2D eigenvalue weighted by atomic mass is 35.5. The number of aliphatic hydroxyl groups excluding tert-OH is 1. The maximum Gasteiger partial charge on any atom is 0.267 e. The number of halogens is 2. The zero-order valence-corrected chi connectivity index (χ0v) is 24.1. The summed E-state index contributed by atoms with van der Waals surface area (Å²) in [4.78, 5) is 21.3. The lowest BCUT2D eigenvalue weighted by Crippen LogP contribution is -2.50.